The Labute approximate surface area is 255 Å². The van der Waals surface area contributed by atoms with Crippen molar-refractivity contribution < 1.29 is 28.5 Å². The Kier molecular flexibility index (Phi) is 9.99. The average Bonchev–Trinajstić information content (AvgIpc) is 3.38. The number of aromatic carboxylic acids is 1. The van der Waals surface area contributed by atoms with Gasteiger partial charge in [0.05, 0.1) is 39.0 Å². The molecule has 9 heteroatoms. The van der Waals surface area contributed by atoms with Gasteiger partial charge in [0, 0.05) is 17.1 Å². The summed E-state index contributed by atoms with van der Waals surface area (Å²) in [5, 5.41) is 15.1. The van der Waals surface area contributed by atoms with E-state index in [1.807, 2.05) is 49.5 Å². The molecule has 1 N–H and O–H groups in total. The number of hydrogen-bond donors (Lipinski definition) is 1. The third-order valence-corrected chi connectivity index (χ3v) is 12.9. The summed E-state index contributed by atoms with van der Waals surface area (Å²) < 4.78 is 27.2. The van der Waals surface area contributed by atoms with E-state index in [1.54, 1.807) is 31.0 Å². The summed E-state index contributed by atoms with van der Waals surface area (Å²) in [6, 6.07) is 19.4. The standard InChI is InChI=1S/C34H44N2O6Si/c1-23-28(39-5)19-26(20-29(23)40-6)32(42-43(7,8)34(2,3)4)30(41-18-17-24-13-10-9-11-14-24)22-36-21-25-15-12-16-27(33(37)38)31(25)35-36/h9-16,19-21,30,32H,17-18,22H2,1-8H3,(H,37,38). The average molecular weight is 605 g/mol. The Morgan fingerprint density at radius 1 is 1.00 bits per heavy atom. The van der Waals surface area contributed by atoms with Gasteiger partial charge < -0.3 is 23.7 Å². The van der Waals surface area contributed by atoms with E-state index < -0.39 is 26.5 Å². The molecule has 3 aromatic carbocycles. The van der Waals surface area contributed by atoms with Crippen LogP contribution in [0.4, 0.5) is 0 Å². The predicted octanol–water partition coefficient (Wildman–Crippen LogP) is 7.45. The SMILES string of the molecule is COc1cc(C(O[Si](C)(C)C(C)(C)C)C(Cn2cc3cccc(C(=O)O)c3n2)OCCc2ccccc2)cc(OC)c1C. The van der Waals surface area contributed by atoms with Crippen LogP contribution in [0, 0.1) is 6.92 Å². The zero-order valence-corrected chi connectivity index (χ0v) is 27.5. The highest BCUT2D eigenvalue weighted by molar-refractivity contribution is 6.74. The minimum atomic E-state index is -2.33. The van der Waals surface area contributed by atoms with Crippen LogP contribution < -0.4 is 9.47 Å². The Morgan fingerprint density at radius 3 is 2.23 bits per heavy atom. The molecule has 230 valence electrons. The van der Waals surface area contributed by atoms with Crippen LogP contribution in [-0.4, -0.2) is 56.1 Å². The topological polar surface area (TPSA) is 92.0 Å². The highest BCUT2D eigenvalue weighted by Gasteiger charge is 2.42. The molecule has 0 saturated heterocycles. The first kappa shape index (κ1) is 32.3. The number of benzene rings is 3. The van der Waals surface area contributed by atoms with Gasteiger partial charge >= 0.3 is 5.97 Å². The minimum Gasteiger partial charge on any atom is -0.496 e. The van der Waals surface area contributed by atoms with Crippen LogP contribution in [-0.2, 0) is 22.1 Å². The Bertz CT molecular complexity index is 1520. The normalized spacial score (nSPS) is 13.6. The molecule has 2 unspecified atom stereocenters. The third-order valence-electron chi connectivity index (χ3n) is 8.42. The van der Waals surface area contributed by atoms with Gasteiger partial charge in [-0.1, -0.05) is 63.2 Å². The fourth-order valence-electron chi connectivity index (χ4n) is 4.88. The molecule has 0 bridgehead atoms. The zero-order chi connectivity index (χ0) is 31.4. The van der Waals surface area contributed by atoms with Gasteiger partial charge in [0.25, 0.3) is 0 Å². The number of carboxylic acids is 1. The fraction of sp³-hybridized carbons (Fsp3) is 0.412. The molecule has 0 aliphatic heterocycles. The van der Waals surface area contributed by atoms with Gasteiger partial charge in [-0.25, -0.2) is 4.79 Å². The van der Waals surface area contributed by atoms with E-state index in [0.717, 1.165) is 22.9 Å². The Morgan fingerprint density at radius 2 is 1.65 bits per heavy atom. The summed E-state index contributed by atoms with van der Waals surface area (Å²) in [7, 11) is 0.975. The molecule has 0 saturated carbocycles. The van der Waals surface area contributed by atoms with E-state index in [1.165, 1.54) is 5.56 Å². The second-order valence-corrected chi connectivity index (χ2v) is 17.2. The summed E-state index contributed by atoms with van der Waals surface area (Å²) >= 11 is 0. The molecule has 0 aliphatic rings. The molecule has 8 nitrogen and oxygen atoms in total. The molecule has 1 aromatic heterocycles. The van der Waals surface area contributed by atoms with Crippen molar-refractivity contribution in [3.05, 3.63) is 89.1 Å². The van der Waals surface area contributed by atoms with Crippen molar-refractivity contribution in [1.82, 2.24) is 9.78 Å². The molecule has 4 aromatic rings. The molecule has 1 heterocycles. The van der Waals surface area contributed by atoms with Crippen LogP contribution in [0.1, 0.15) is 53.9 Å². The number of methoxy groups -OCH3 is 2. The van der Waals surface area contributed by atoms with Gasteiger partial charge in [-0.15, -0.1) is 0 Å². The molecule has 0 fully saturated rings. The number of carbonyl (C=O) groups is 1. The van der Waals surface area contributed by atoms with Gasteiger partial charge in [0.2, 0.25) is 0 Å². The van der Waals surface area contributed by atoms with Crippen molar-refractivity contribution in [3.8, 4) is 11.5 Å². The number of fused-ring (bicyclic) bond motifs is 1. The fourth-order valence-corrected chi connectivity index (χ4v) is 6.15. The number of hydrogen-bond acceptors (Lipinski definition) is 6. The van der Waals surface area contributed by atoms with Crippen molar-refractivity contribution in [2.24, 2.45) is 0 Å². The van der Waals surface area contributed by atoms with E-state index in [4.69, 9.17) is 23.7 Å². The van der Waals surface area contributed by atoms with Crippen molar-refractivity contribution in [3.63, 3.8) is 0 Å². The molecule has 43 heavy (non-hydrogen) atoms. The summed E-state index contributed by atoms with van der Waals surface area (Å²) in [5.41, 5.74) is 3.58. The maximum absolute atomic E-state index is 11.9. The lowest BCUT2D eigenvalue weighted by atomic mass is 10.0. The summed E-state index contributed by atoms with van der Waals surface area (Å²) in [4.78, 5) is 11.9. The van der Waals surface area contributed by atoms with E-state index in [2.05, 4.69) is 46.0 Å². The monoisotopic (exact) mass is 604 g/mol. The van der Waals surface area contributed by atoms with Gasteiger partial charge in [0.1, 0.15) is 23.1 Å². The second-order valence-electron chi connectivity index (χ2n) is 12.4. The molecular formula is C34H44N2O6Si. The predicted molar refractivity (Wildman–Crippen MR) is 172 cm³/mol. The van der Waals surface area contributed by atoms with Crippen molar-refractivity contribution in [1.29, 1.82) is 0 Å². The number of carboxylic acid groups (broad SMARTS) is 1. The van der Waals surface area contributed by atoms with Crippen molar-refractivity contribution in [2.75, 3.05) is 20.8 Å². The summed E-state index contributed by atoms with van der Waals surface area (Å²) in [6.45, 7) is 13.9. The van der Waals surface area contributed by atoms with Crippen LogP contribution in [0.2, 0.25) is 18.1 Å². The van der Waals surface area contributed by atoms with E-state index in [-0.39, 0.29) is 10.6 Å². The molecule has 4 rings (SSSR count). The van der Waals surface area contributed by atoms with E-state index >= 15 is 0 Å². The Balaban J connectivity index is 1.81. The molecular weight excluding hydrogens is 560 g/mol. The molecule has 0 amide bonds. The number of aromatic nitrogens is 2. The van der Waals surface area contributed by atoms with E-state index in [0.29, 0.717) is 30.2 Å². The Hall–Kier alpha value is -3.66. The largest absolute Gasteiger partial charge is 0.496 e. The lowest BCUT2D eigenvalue weighted by molar-refractivity contribution is -0.0421. The van der Waals surface area contributed by atoms with Crippen molar-refractivity contribution in [2.45, 2.75) is 71.0 Å². The van der Waals surface area contributed by atoms with Gasteiger partial charge in [-0.2, -0.15) is 5.10 Å². The summed E-state index contributed by atoms with van der Waals surface area (Å²) in [5.74, 6) is 0.402. The first-order valence-corrected chi connectivity index (χ1v) is 17.5. The number of rotatable bonds is 13. The highest BCUT2D eigenvalue weighted by atomic mass is 28.4. The van der Waals surface area contributed by atoms with Crippen LogP contribution in [0.25, 0.3) is 10.9 Å². The third kappa shape index (κ3) is 7.47. The van der Waals surface area contributed by atoms with Crippen LogP contribution in [0.15, 0.2) is 66.9 Å². The number of nitrogens with zero attached hydrogens (tertiary/aromatic N) is 2. The van der Waals surface area contributed by atoms with Gasteiger partial charge in [-0.3, -0.25) is 4.68 Å². The second kappa shape index (κ2) is 13.3. The van der Waals surface area contributed by atoms with Gasteiger partial charge in [-0.05, 0) is 60.8 Å². The first-order valence-electron chi connectivity index (χ1n) is 14.6. The summed E-state index contributed by atoms with van der Waals surface area (Å²) in [6.07, 6.45) is 1.66. The molecule has 0 aliphatic carbocycles. The molecule has 0 radical (unpaired) electrons. The van der Waals surface area contributed by atoms with Crippen LogP contribution in [0.3, 0.4) is 0 Å². The van der Waals surface area contributed by atoms with E-state index in [9.17, 15) is 9.90 Å². The zero-order valence-electron chi connectivity index (χ0n) is 26.5. The minimum absolute atomic E-state index is 0.0600. The first-order chi connectivity index (χ1) is 20.3. The smallest absolute Gasteiger partial charge is 0.337 e. The quantitative estimate of drug-likeness (QED) is 0.159. The maximum Gasteiger partial charge on any atom is 0.337 e. The van der Waals surface area contributed by atoms with Crippen LogP contribution >= 0.6 is 0 Å². The van der Waals surface area contributed by atoms with Crippen molar-refractivity contribution >= 4 is 25.2 Å². The van der Waals surface area contributed by atoms with Gasteiger partial charge in [0.15, 0.2) is 8.32 Å². The molecule has 2 atom stereocenters. The molecule has 0 spiro atoms. The number of ether oxygens (including phenoxy) is 3. The van der Waals surface area contributed by atoms with Crippen LogP contribution in [0.5, 0.6) is 11.5 Å². The highest BCUT2D eigenvalue weighted by Crippen LogP contribution is 2.43. The lowest BCUT2D eigenvalue weighted by Gasteiger charge is -2.41. The lowest BCUT2D eigenvalue weighted by Crippen LogP contribution is -2.45. The maximum atomic E-state index is 11.9.